The molecule has 0 aliphatic heterocycles. The lowest BCUT2D eigenvalue weighted by Gasteiger charge is -2.39. The number of benzene rings is 1. The lowest BCUT2D eigenvalue weighted by atomic mass is 9.75. The summed E-state index contributed by atoms with van der Waals surface area (Å²) in [4.78, 5) is 11.9. The lowest BCUT2D eigenvalue weighted by Crippen LogP contribution is -2.47. The number of ketones is 1. The normalized spacial score (nSPS) is 24.9. The van der Waals surface area contributed by atoms with E-state index in [1.54, 1.807) is 20.3 Å². The van der Waals surface area contributed by atoms with Crippen LogP contribution < -0.4 is 9.47 Å². The Hall–Kier alpha value is -1.59. The zero-order valence-electron chi connectivity index (χ0n) is 12.2. The molecule has 0 amide bonds. The van der Waals surface area contributed by atoms with Crippen LogP contribution >= 0.6 is 0 Å². The number of hydrogen-bond donors (Lipinski definition) is 1. The summed E-state index contributed by atoms with van der Waals surface area (Å²) in [7, 11) is 4.62. The summed E-state index contributed by atoms with van der Waals surface area (Å²) in [6, 6.07) is 3.58. The molecule has 1 N–H and O–H groups in total. The first-order valence-electron chi connectivity index (χ1n) is 6.49. The molecular weight excluding hydrogens is 260 g/mol. The predicted molar refractivity (Wildman–Crippen MR) is 73.2 cm³/mol. The minimum atomic E-state index is -1.53. The zero-order valence-corrected chi connectivity index (χ0v) is 12.2. The van der Waals surface area contributed by atoms with Crippen LogP contribution in [0.2, 0.25) is 0 Å². The topological polar surface area (TPSA) is 65.0 Å². The van der Waals surface area contributed by atoms with E-state index in [4.69, 9.17) is 14.2 Å². The number of carbonyl (C=O) groups excluding carboxylic acids is 1. The summed E-state index contributed by atoms with van der Waals surface area (Å²) < 4.78 is 16.1. The molecule has 0 heterocycles. The molecule has 2 rings (SSSR count). The van der Waals surface area contributed by atoms with Crippen molar-refractivity contribution in [1.29, 1.82) is 0 Å². The lowest BCUT2D eigenvalue weighted by molar-refractivity contribution is -0.156. The van der Waals surface area contributed by atoms with Crippen LogP contribution in [0.25, 0.3) is 0 Å². The molecule has 1 aliphatic rings. The standard InChI is InChI=1S/C15H20O5/c1-9(16)15(17)8-7-10-11(18-2)5-6-12(19-3)13(10)14(15)20-4/h5-6,14,17H,7-8H2,1-4H3/t14-,15-/m0/s1. The Morgan fingerprint density at radius 3 is 2.35 bits per heavy atom. The van der Waals surface area contributed by atoms with Crippen molar-refractivity contribution in [1.82, 2.24) is 0 Å². The molecule has 2 atom stereocenters. The van der Waals surface area contributed by atoms with Crippen LogP contribution in [-0.2, 0) is 16.0 Å². The fraction of sp³-hybridized carbons (Fsp3) is 0.533. The van der Waals surface area contributed by atoms with Crippen LogP contribution in [0.15, 0.2) is 12.1 Å². The first kappa shape index (κ1) is 14.8. The van der Waals surface area contributed by atoms with Crippen LogP contribution in [0.3, 0.4) is 0 Å². The minimum absolute atomic E-state index is 0.303. The van der Waals surface area contributed by atoms with Crippen LogP contribution in [0.5, 0.6) is 11.5 Å². The van der Waals surface area contributed by atoms with E-state index >= 15 is 0 Å². The summed E-state index contributed by atoms with van der Waals surface area (Å²) in [6.07, 6.45) is 0.0806. The third-order valence-corrected chi connectivity index (χ3v) is 4.01. The van der Waals surface area contributed by atoms with Gasteiger partial charge in [0.05, 0.1) is 14.2 Å². The highest BCUT2D eigenvalue weighted by Gasteiger charge is 2.48. The maximum Gasteiger partial charge on any atom is 0.164 e. The van der Waals surface area contributed by atoms with E-state index in [0.717, 1.165) is 5.56 Å². The smallest absolute Gasteiger partial charge is 0.164 e. The van der Waals surface area contributed by atoms with E-state index in [1.807, 2.05) is 6.07 Å². The molecule has 1 aliphatic carbocycles. The van der Waals surface area contributed by atoms with Gasteiger partial charge in [-0.3, -0.25) is 4.79 Å². The summed E-state index contributed by atoms with van der Waals surface area (Å²) >= 11 is 0. The molecule has 20 heavy (non-hydrogen) atoms. The molecule has 5 heteroatoms. The average Bonchev–Trinajstić information content (AvgIpc) is 2.45. The molecule has 0 radical (unpaired) electrons. The maximum atomic E-state index is 11.9. The highest BCUT2D eigenvalue weighted by Crippen LogP contribution is 2.47. The van der Waals surface area contributed by atoms with Crippen molar-refractivity contribution in [3.63, 3.8) is 0 Å². The summed E-state index contributed by atoms with van der Waals surface area (Å²) in [6.45, 7) is 1.38. The van der Waals surface area contributed by atoms with Gasteiger partial charge in [-0.05, 0) is 31.9 Å². The Morgan fingerprint density at radius 1 is 1.25 bits per heavy atom. The van der Waals surface area contributed by atoms with Crippen LogP contribution in [0.4, 0.5) is 0 Å². The number of aliphatic hydroxyl groups is 1. The molecule has 1 aromatic rings. The number of rotatable bonds is 4. The van der Waals surface area contributed by atoms with Gasteiger partial charge in [0, 0.05) is 18.2 Å². The number of fused-ring (bicyclic) bond motifs is 1. The van der Waals surface area contributed by atoms with E-state index in [1.165, 1.54) is 14.0 Å². The van der Waals surface area contributed by atoms with Crippen molar-refractivity contribution in [3.8, 4) is 11.5 Å². The maximum absolute atomic E-state index is 11.9. The van der Waals surface area contributed by atoms with Gasteiger partial charge in [0.25, 0.3) is 0 Å². The second kappa shape index (κ2) is 5.42. The molecule has 0 unspecified atom stereocenters. The van der Waals surface area contributed by atoms with E-state index in [0.29, 0.717) is 29.9 Å². The second-order valence-electron chi connectivity index (χ2n) is 4.96. The Morgan fingerprint density at radius 2 is 1.85 bits per heavy atom. The van der Waals surface area contributed by atoms with Crippen molar-refractivity contribution in [2.24, 2.45) is 0 Å². The first-order chi connectivity index (χ1) is 9.49. The van der Waals surface area contributed by atoms with Gasteiger partial charge in [0.2, 0.25) is 0 Å². The number of methoxy groups -OCH3 is 3. The summed E-state index contributed by atoms with van der Waals surface area (Å²) in [5, 5.41) is 10.7. The van der Waals surface area contributed by atoms with Gasteiger partial charge in [0.15, 0.2) is 11.4 Å². The van der Waals surface area contributed by atoms with Crippen LogP contribution in [0.1, 0.15) is 30.6 Å². The van der Waals surface area contributed by atoms with Gasteiger partial charge in [0.1, 0.15) is 17.6 Å². The molecule has 5 nitrogen and oxygen atoms in total. The largest absolute Gasteiger partial charge is 0.496 e. The Balaban J connectivity index is 2.66. The third kappa shape index (κ3) is 2.07. The van der Waals surface area contributed by atoms with E-state index in [9.17, 15) is 9.90 Å². The van der Waals surface area contributed by atoms with Crippen molar-refractivity contribution in [2.45, 2.75) is 31.5 Å². The summed E-state index contributed by atoms with van der Waals surface area (Å²) in [5.41, 5.74) is 0.0874. The van der Waals surface area contributed by atoms with E-state index < -0.39 is 11.7 Å². The van der Waals surface area contributed by atoms with Crippen molar-refractivity contribution in [3.05, 3.63) is 23.3 Å². The third-order valence-electron chi connectivity index (χ3n) is 4.01. The Labute approximate surface area is 118 Å². The Bertz CT molecular complexity index is 525. The zero-order chi connectivity index (χ0) is 14.9. The predicted octanol–water partition coefficient (Wildman–Crippen LogP) is 1.66. The minimum Gasteiger partial charge on any atom is -0.496 e. The van der Waals surface area contributed by atoms with Gasteiger partial charge in [-0.15, -0.1) is 0 Å². The van der Waals surface area contributed by atoms with E-state index in [-0.39, 0.29) is 5.78 Å². The van der Waals surface area contributed by atoms with Crippen molar-refractivity contribution < 1.29 is 24.1 Å². The molecule has 0 bridgehead atoms. The van der Waals surface area contributed by atoms with Gasteiger partial charge < -0.3 is 19.3 Å². The number of ether oxygens (including phenoxy) is 3. The highest BCUT2D eigenvalue weighted by molar-refractivity contribution is 5.86. The van der Waals surface area contributed by atoms with Gasteiger partial charge in [-0.1, -0.05) is 0 Å². The molecule has 0 spiro atoms. The SMILES string of the molecule is COc1ccc(OC)c2c1CC[C@](O)(C(C)=O)[C@H]2OC. The number of Topliss-reactive ketones (excluding diaryl/α,β-unsaturated/α-hetero) is 1. The fourth-order valence-corrected chi connectivity index (χ4v) is 2.90. The molecule has 1 aromatic carbocycles. The van der Waals surface area contributed by atoms with Gasteiger partial charge in [-0.25, -0.2) is 0 Å². The van der Waals surface area contributed by atoms with Crippen LogP contribution in [0, 0.1) is 0 Å². The molecule has 110 valence electrons. The average molecular weight is 280 g/mol. The molecular formula is C15H20O5. The second-order valence-corrected chi connectivity index (χ2v) is 4.96. The van der Waals surface area contributed by atoms with E-state index in [2.05, 4.69) is 0 Å². The first-order valence-corrected chi connectivity index (χ1v) is 6.49. The molecule has 0 saturated heterocycles. The summed E-state index contributed by atoms with van der Waals surface area (Å²) in [5.74, 6) is 1.00. The highest BCUT2D eigenvalue weighted by atomic mass is 16.5. The fourth-order valence-electron chi connectivity index (χ4n) is 2.90. The van der Waals surface area contributed by atoms with Crippen molar-refractivity contribution in [2.75, 3.05) is 21.3 Å². The number of carbonyl (C=O) groups is 1. The van der Waals surface area contributed by atoms with Gasteiger partial charge >= 0.3 is 0 Å². The van der Waals surface area contributed by atoms with Gasteiger partial charge in [-0.2, -0.15) is 0 Å². The van der Waals surface area contributed by atoms with Crippen LogP contribution in [-0.4, -0.2) is 37.8 Å². The number of hydrogen-bond acceptors (Lipinski definition) is 5. The Kier molecular flexibility index (Phi) is 4.01. The molecule has 0 fully saturated rings. The van der Waals surface area contributed by atoms with Crippen molar-refractivity contribution >= 4 is 5.78 Å². The quantitative estimate of drug-likeness (QED) is 0.908. The molecule has 0 saturated carbocycles. The molecule has 0 aromatic heterocycles. The monoisotopic (exact) mass is 280 g/mol.